The molecule has 0 bridgehead atoms. The number of hydrogen-bond acceptors (Lipinski definition) is 4. The summed E-state index contributed by atoms with van der Waals surface area (Å²) in [6.45, 7) is 7.32. The number of benzene rings is 2. The lowest BCUT2D eigenvalue weighted by atomic mass is 10.0. The van der Waals surface area contributed by atoms with Gasteiger partial charge in [0.1, 0.15) is 11.3 Å². The van der Waals surface area contributed by atoms with Gasteiger partial charge in [0.2, 0.25) is 0 Å². The van der Waals surface area contributed by atoms with E-state index in [0.29, 0.717) is 0 Å². The van der Waals surface area contributed by atoms with Gasteiger partial charge in [-0.25, -0.2) is 4.79 Å². The first-order valence-corrected chi connectivity index (χ1v) is 8.11. The molecule has 2 aromatic rings. The number of carbonyl (C=O) groups excluding carboxylic acids is 2. The van der Waals surface area contributed by atoms with E-state index in [1.165, 1.54) is 17.7 Å². The van der Waals surface area contributed by atoms with Crippen LogP contribution in [-0.4, -0.2) is 23.6 Å². The zero-order chi connectivity index (χ0) is 18.6. The summed E-state index contributed by atoms with van der Waals surface area (Å²) in [4.78, 5) is 24.0. The third-order valence-electron chi connectivity index (χ3n) is 4.12. The minimum absolute atomic E-state index is 0.0422. The summed E-state index contributed by atoms with van der Waals surface area (Å²) in [5, 5.41) is 12.6. The minimum atomic E-state index is -0.730. The molecule has 5 heteroatoms. The van der Waals surface area contributed by atoms with E-state index < -0.39 is 18.5 Å². The van der Waals surface area contributed by atoms with Crippen LogP contribution in [0.3, 0.4) is 0 Å². The summed E-state index contributed by atoms with van der Waals surface area (Å²) in [6, 6.07) is 10.4. The molecule has 0 radical (unpaired) electrons. The number of nitrogens with one attached hydrogen (secondary N) is 1. The highest BCUT2D eigenvalue weighted by Gasteiger charge is 2.16. The van der Waals surface area contributed by atoms with Gasteiger partial charge in [0.15, 0.2) is 6.61 Å². The van der Waals surface area contributed by atoms with Crippen molar-refractivity contribution in [1.82, 2.24) is 5.32 Å². The fourth-order valence-electron chi connectivity index (χ4n) is 2.42. The standard InChI is InChI=1S/C20H23NO4/c1-12-5-8-17(18(22)9-12)20(24)25-11-19(23)21-15(4)16-7-6-13(2)14(3)10-16/h5-10,15,22H,11H2,1-4H3,(H,21,23)/t15-/m0/s1. The first-order valence-electron chi connectivity index (χ1n) is 8.11. The molecule has 25 heavy (non-hydrogen) atoms. The van der Waals surface area contributed by atoms with E-state index in [1.807, 2.05) is 39.0 Å². The molecule has 0 aliphatic rings. The molecule has 5 nitrogen and oxygen atoms in total. The maximum absolute atomic E-state index is 12.0. The minimum Gasteiger partial charge on any atom is -0.507 e. The topological polar surface area (TPSA) is 75.6 Å². The Morgan fingerprint density at radius 1 is 1.08 bits per heavy atom. The van der Waals surface area contributed by atoms with Crippen LogP contribution in [0, 0.1) is 20.8 Å². The van der Waals surface area contributed by atoms with Gasteiger partial charge in [-0.1, -0.05) is 24.3 Å². The lowest BCUT2D eigenvalue weighted by molar-refractivity contribution is -0.124. The zero-order valence-electron chi connectivity index (χ0n) is 14.9. The fourth-order valence-corrected chi connectivity index (χ4v) is 2.42. The fraction of sp³-hybridized carbons (Fsp3) is 0.300. The van der Waals surface area contributed by atoms with Crippen molar-refractivity contribution >= 4 is 11.9 Å². The summed E-state index contributed by atoms with van der Waals surface area (Å²) in [7, 11) is 0. The molecule has 0 spiro atoms. The Kier molecular flexibility index (Phi) is 5.80. The Hall–Kier alpha value is -2.82. The molecular weight excluding hydrogens is 318 g/mol. The second-order valence-corrected chi connectivity index (χ2v) is 6.23. The Labute approximate surface area is 147 Å². The van der Waals surface area contributed by atoms with Gasteiger partial charge in [-0.3, -0.25) is 4.79 Å². The van der Waals surface area contributed by atoms with Crippen LogP contribution in [-0.2, 0) is 9.53 Å². The van der Waals surface area contributed by atoms with Crippen LogP contribution in [0.4, 0.5) is 0 Å². The predicted molar refractivity (Wildman–Crippen MR) is 95.6 cm³/mol. The van der Waals surface area contributed by atoms with Crippen LogP contribution in [0.5, 0.6) is 5.75 Å². The lowest BCUT2D eigenvalue weighted by Gasteiger charge is -2.16. The average molecular weight is 341 g/mol. The third-order valence-corrected chi connectivity index (χ3v) is 4.12. The van der Waals surface area contributed by atoms with E-state index in [4.69, 9.17) is 4.74 Å². The second kappa shape index (κ2) is 7.83. The maximum Gasteiger partial charge on any atom is 0.342 e. The van der Waals surface area contributed by atoms with Gasteiger partial charge in [-0.15, -0.1) is 0 Å². The number of phenols is 1. The van der Waals surface area contributed by atoms with E-state index in [1.54, 1.807) is 13.0 Å². The van der Waals surface area contributed by atoms with Gasteiger partial charge in [0.25, 0.3) is 5.91 Å². The number of hydrogen-bond donors (Lipinski definition) is 2. The molecular formula is C20H23NO4. The highest BCUT2D eigenvalue weighted by atomic mass is 16.5. The van der Waals surface area contributed by atoms with Crippen molar-refractivity contribution in [2.24, 2.45) is 0 Å². The Bertz CT molecular complexity index is 798. The summed E-state index contributed by atoms with van der Waals surface area (Å²) < 4.78 is 4.98. The Morgan fingerprint density at radius 3 is 2.44 bits per heavy atom. The third kappa shape index (κ3) is 4.83. The van der Waals surface area contributed by atoms with Gasteiger partial charge in [0, 0.05) is 0 Å². The first kappa shape index (κ1) is 18.5. The molecule has 1 amide bonds. The molecule has 1 atom stereocenters. The summed E-state index contributed by atoms with van der Waals surface area (Å²) in [5.74, 6) is -1.29. The molecule has 132 valence electrons. The summed E-state index contributed by atoms with van der Waals surface area (Å²) in [5.41, 5.74) is 4.20. The van der Waals surface area contributed by atoms with Gasteiger partial charge < -0.3 is 15.2 Å². The number of phenolic OH excluding ortho intramolecular Hbond substituents is 1. The van der Waals surface area contributed by atoms with Gasteiger partial charge >= 0.3 is 5.97 Å². The Balaban J connectivity index is 1.91. The summed E-state index contributed by atoms with van der Waals surface area (Å²) >= 11 is 0. The van der Waals surface area contributed by atoms with Crippen molar-refractivity contribution < 1.29 is 19.4 Å². The van der Waals surface area contributed by atoms with Gasteiger partial charge in [0.05, 0.1) is 6.04 Å². The average Bonchev–Trinajstić information content (AvgIpc) is 2.55. The number of ether oxygens (including phenoxy) is 1. The SMILES string of the molecule is Cc1ccc(C(=O)OCC(=O)N[C@@H](C)c2ccc(C)c(C)c2)c(O)c1. The van der Waals surface area contributed by atoms with E-state index in [9.17, 15) is 14.7 Å². The lowest BCUT2D eigenvalue weighted by Crippen LogP contribution is -2.31. The number of amides is 1. The van der Waals surface area contributed by atoms with Crippen LogP contribution in [0.2, 0.25) is 0 Å². The van der Waals surface area contributed by atoms with Crippen LogP contribution in [0.15, 0.2) is 36.4 Å². The van der Waals surface area contributed by atoms with Crippen LogP contribution in [0.1, 0.15) is 45.6 Å². The van der Waals surface area contributed by atoms with E-state index in [0.717, 1.165) is 16.7 Å². The smallest absolute Gasteiger partial charge is 0.342 e. The highest BCUT2D eigenvalue weighted by Crippen LogP contribution is 2.19. The molecule has 2 N–H and O–H groups in total. The quantitative estimate of drug-likeness (QED) is 0.818. The molecule has 0 heterocycles. The van der Waals surface area contributed by atoms with Crippen molar-refractivity contribution in [3.05, 3.63) is 64.2 Å². The number of carbonyl (C=O) groups is 2. The van der Waals surface area contributed by atoms with Crippen molar-refractivity contribution in [2.45, 2.75) is 33.7 Å². The monoisotopic (exact) mass is 341 g/mol. The molecule has 2 aromatic carbocycles. The van der Waals surface area contributed by atoms with Crippen molar-refractivity contribution in [3.8, 4) is 5.75 Å². The predicted octanol–water partition coefficient (Wildman–Crippen LogP) is 3.35. The number of rotatable bonds is 5. The maximum atomic E-state index is 12.0. The largest absolute Gasteiger partial charge is 0.507 e. The molecule has 0 unspecified atom stereocenters. The number of aromatic hydroxyl groups is 1. The summed E-state index contributed by atoms with van der Waals surface area (Å²) in [6.07, 6.45) is 0. The second-order valence-electron chi connectivity index (χ2n) is 6.23. The van der Waals surface area contributed by atoms with Crippen LogP contribution >= 0.6 is 0 Å². The normalized spacial score (nSPS) is 11.7. The van der Waals surface area contributed by atoms with Gasteiger partial charge in [-0.05, 0) is 62.1 Å². The molecule has 0 aromatic heterocycles. The molecule has 0 aliphatic heterocycles. The van der Waals surface area contributed by atoms with E-state index in [2.05, 4.69) is 5.32 Å². The van der Waals surface area contributed by atoms with Crippen molar-refractivity contribution in [3.63, 3.8) is 0 Å². The zero-order valence-corrected chi connectivity index (χ0v) is 14.9. The Morgan fingerprint density at radius 2 is 1.80 bits per heavy atom. The van der Waals surface area contributed by atoms with Crippen LogP contribution < -0.4 is 5.32 Å². The van der Waals surface area contributed by atoms with E-state index in [-0.39, 0.29) is 17.4 Å². The molecule has 0 saturated heterocycles. The molecule has 0 saturated carbocycles. The van der Waals surface area contributed by atoms with Crippen LogP contribution in [0.25, 0.3) is 0 Å². The number of esters is 1. The highest BCUT2D eigenvalue weighted by molar-refractivity contribution is 5.94. The van der Waals surface area contributed by atoms with E-state index >= 15 is 0 Å². The van der Waals surface area contributed by atoms with Crippen molar-refractivity contribution in [2.75, 3.05) is 6.61 Å². The molecule has 0 fully saturated rings. The van der Waals surface area contributed by atoms with Crippen molar-refractivity contribution in [1.29, 1.82) is 0 Å². The first-order chi connectivity index (χ1) is 11.8. The number of aryl methyl sites for hydroxylation is 3. The molecule has 0 aliphatic carbocycles. The molecule has 2 rings (SSSR count). The van der Waals surface area contributed by atoms with Gasteiger partial charge in [-0.2, -0.15) is 0 Å².